The minimum atomic E-state index is -0.432. The van der Waals surface area contributed by atoms with Gasteiger partial charge in [0.05, 0.1) is 12.8 Å². The third-order valence-electron chi connectivity index (χ3n) is 3.03. The molecule has 4 heteroatoms. The van der Waals surface area contributed by atoms with Gasteiger partial charge in [-0.05, 0) is 25.0 Å². The second kappa shape index (κ2) is 5.04. The lowest BCUT2D eigenvalue weighted by atomic mass is 9.87. The minimum Gasteiger partial charge on any atom is -0.468 e. The first-order valence-electron chi connectivity index (χ1n) is 5.79. The van der Waals surface area contributed by atoms with Gasteiger partial charge < -0.3 is 4.74 Å². The van der Waals surface area contributed by atoms with E-state index in [2.05, 4.69) is 10.5 Å². The van der Waals surface area contributed by atoms with Crippen LogP contribution in [-0.4, -0.2) is 18.8 Å². The predicted octanol–water partition coefficient (Wildman–Crippen LogP) is 2.19. The van der Waals surface area contributed by atoms with E-state index in [1.807, 2.05) is 44.2 Å². The zero-order valence-electron chi connectivity index (χ0n) is 10.7. The SMILES string of the molecule is COC(=O)C1C(C)=NNC(C)=C1c1ccccc1. The Balaban J connectivity index is 2.50. The molecule has 1 aliphatic rings. The molecular formula is C14H16N2O2. The number of allylic oxidation sites excluding steroid dienone is 1. The number of carbonyl (C=O) groups is 1. The average molecular weight is 244 g/mol. The molecule has 1 atom stereocenters. The van der Waals surface area contributed by atoms with Gasteiger partial charge in [0.1, 0.15) is 5.92 Å². The molecule has 0 saturated heterocycles. The van der Waals surface area contributed by atoms with Crippen molar-refractivity contribution in [3.63, 3.8) is 0 Å². The van der Waals surface area contributed by atoms with E-state index in [-0.39, 0.29) is 5.97 Å². The van der Waals surface area contributed by atoms with Crippen molar-refractivity contribution in [2.75, 3.05) is 7.11 Å². The fraction of sp³-hybridized carbons (Fsp3) is 0.286. The molecule has 0 spiro atoms. The molecule has 18 heavy (non-hydrogen) atoms. The summed E-state index contributed by atoms with van der Waals surface area (Å²) in [5.41, 5.74) is 6.47. The zero-order valence-corrected chi connectivity index (χ0v) is 10.7. The van der Waals surface area contributed by atoms with Crippen LogP contribution in [0.5, 0.6) is 0 Å². The highest BCUT2D eigenvalue weighted by molar-refractivity contribution is 6.12. The van der Waals surface area contributed by atoms with Gasteiger partial charge in [0.25, 0.3) is 0 Å². The van der Waals surface area contributed by atoms with Gasteiger partial charge in [0, 0.05) is 5.70 Å². The van der Waals surface area contributed by atoms with Gasteiger partial charge >= 0.3 is 5.97 Å². The van der Waals surface area contributed by atoms with Crippen LogP contribution in [0.4, 0.5) is 0 Å². The molecule has 0 aliphatic carbocycles. The Morgan fingerprint density at radius 1 is 1.28 bits per heavy atom. The standard InChI is InChI=1S/C14H16N2O2/c1-9-12(11-7-5-4-6-8-11)13(14(17)18-3)10(2)16-15-9/h4-8,13,15H,1-3H3. The number of hydrazone groups is 1. The summed E-state index contributed by atoms with van der Waals surface area (Å²) in [6, 6.07) is 9.81. The molecular weight excluding hydrogens is 228 g/mol. The molecule has 2 rings (SSSR count). The summed E-state index contributed by atoms with van der Waals surface area (Å²) in [6.45, 7) is 3.73. The van der Waals surface area contributed by atoms with Crippen molar-refractivity contribution in [1.82, 2.24) is 5.43 Å². The minimum absolute atomic E-state index is 0.282. The maximum Gasteiger partial charge on any atom is 0.319 e. The summed E-state index contributed by atoms with van der Waals surface area (Å²) >= 11 is 0. The zero-order chi connectivity index (χ0) is 13.1. The Bertz CT molecular complexity index is 518. The first-order chi connectivity index (χ1) is 8.65. The number of esters is 1. The lowest BCUT2D eigenvalue weighted by Crippen LogP contribution is -2.31. The average Bonchev–Trinajstić information content (AvgIpc) is 2.41. The van der Waals surface area contributed by atoms with E-state index in [0.29, 0.717) is 5.71 Å². The Labute approximate surface area is 106 Å². The number of rotatable bonds is 2. The van der Waals surface area contributed by atoms with Gasteiger partial charge in [0.2, 0.25) is 0 Å². The number of benzene rings is 1. The monoisotopic (exact) mass is 244 g/mol. The highest BCUT2D eigenvalue weighted by Gasteiger charge is 2.31. The third kappa shape index (κ3) is 2.14. The van der Waals surface area contributed by atoms with Crippen molar-refractivity contribution in [1.29, 1.82) is 0 Å². The topological polar surface area (TPSA) is 50.7 Å². The smallest absolute Gasteiger partial charge is 0.319 e. The van der Waals surface area contributed by atoms with Gasteiger partial charge in [-0.2, -0.15) is 5.10 Å². The highest BCUT2D eigenvalue weighted by atomic mass is 16.5. The van der Waals surface area contributed by atoms with Gasteiger partial charge in [-0.3, -0.25) is 10.2 Å². The van der Waals surface area contributed by atoms with Gasteiger partial charge in [-0.25, -0.2) is 0 Å². The van der Waals surface area contributed by atoms with Crippen molar-refractivity contribution in [2.45, 2.75) is 13.8 Å². The van der Waals surface area contributed by atoms with Crippen LogP contribution in [0.25, 0.3) is 5.57 Å². The lowest BCUT2D eigenvalue weighted by molar-refractivity contribution is -0.141. The van der Waals surface area contributed by atoms with Crippen LogP contribution in [0.3, 0.4) is 0 Å². The first kappa shape index (κ1) is 12.4. The van der Waals surface area contributed by atoms with Crippen LogP contribution < -0.4 is 5.43 Å². The van der Waals surface area contributed by atoms with E-state index < -0.39 is 5.92 Å². The molecule has 0 bridgehead atoms. The van der Waals surface area contributed by atoms with E-state index in [1.165, 1.54) is 7.11 Å². The number of hydrogen-bond acceptors (Lipinski definition) is 4. The summed E-state index contributed by atoms with van der Waals surface area (Å²) in [7, 11) is 1.40. The molecule has 0 amide bonds. The van der Waals surface area contributed by atoms with Crippen LogP contribution in [0, 0.1) is 5.92 Å². The van der Waals surface area contributed by atoms with Crippen molar-refractivity contribution in [2.24, 2.45) is 11.0 Å². The lowest BCUT2D eigenvalue weighted by Gasteiger charge is -2.25. The van der Waals surface area contributed by atoms with Crippen LogP contribution in [0.15, 0.2) is 41.1 Å². The fourth-order valence-corrected chi connectivity index (χ4v) is 2.13. The molecule has 1 N–H and O–H groups in total. The molecule has 4 nitrogen and oxygen atoms in total. The highest BCUT2D eigenvalue weighted by Crippen LogP contribution is 2.30. The Hall–Kier alpha value is -2.10. The summed E-state index contributed by atoms with van der Waals surface area (Å²) in [5.74, 6) is -0.713. The summed E-state index contributed by atoms with van der Waals surface area (Å²) in [4.78, 5) is 11.9. The Morgan fingerprint density at radius 3 is 2.56 bits per heavy atom. The van der Waals surface area contributed by atoms with Crippen molar-refractivity contribution in [3.05, 3.63) is 41.6 Å². The number of nitrogens with zero attached hydrogens (tertiary/aromatic N) is 1. The Morgan fingerprint density at radius 2 is 1.94 bits per heavy atom. The van der Waals surface area contributed by atoms with E-state index in [9.17, 15) is 4.79 Å². The summed E-state index contributed by atoms with van der Waals surface area (Å²) in [5, 5.41) is 4.15. The molecule has 1 unspecified atom stereocenters. The molecule has 94 valence electrons. The number of nitrogens with one attached hydrogen (secondary N) is 1. The molecule has 1 aromatic rings. The van der Waals surface area contributed by atoms with Gasteiger partial charge in [0.15, 0.2) is 0 Å². The van der Waals surface area contributed by atoms with Crippen LogP contribution >= 0.6 is 0 Å². The van der Waals surface area contributed by atoms with Crippen LogP contribution in [-0.2, 0) is 9.53 Å². The molecule has 1 heterocycles. The molecule has 0 aromatic heterocycles. The summed E-state index contributed by atoms with van der Waals surface area (Å²) in [6.07, 6.45) is 0. The van der Waals surface area contributed by atoms with Gasteiger partial charge in [-0.1, -0.05) is 30.3 Å². The van der Waals surface area contributed by atoms with Crippen LogP contribution in [0.2, 0.25) is 0 Å². The normalized spacial score (nSPS) is 19.1. The number of methoxy groups -OCH3 is 1. The molecule has 0 fully saturated rings. The fourth-order valence-electron chi connectivity index (χ4n) is 2.13. The number of ether oxygens (including phenoxy) is 1. The van der Waals surface area contributed by atoms with Crippen molar-refractivity contribution < 1.29 is 9.53 Å². The van der Waals surface area contributed by atoms with Gasteiger partial charge in [-0.15, -0.1) is 0 Å². The summed E-state index contributed by atoms with van der Waals surface area (Å²) < 4.78 is 4.88. The largest absolute Gasteiger partial charge is 0.468 e. The Kier molecular flexibility index (Phi) is 3.46. The third-order valence-corrected chi connectivity index (χ3v) is 3.03. The van der Waals surface area contributed by atoms with E-state index in [4.69, 9.17) is 4.74 Å². The van der Waals surface area contributed by atoms with Crippen LogP contribution in [0.1, 0.15) is 19.4 Å². The van der Waals surface area contributed by atoms with E-state index in [1.54, 1.807) is 0 Å². The second-order valence-electron chi connectivity index (χ2n) is 4.23. The molecule has 0 saturated carbocycles. The maximum absolute atomic E-state index is 11.9. The van der Waals surface area contributed by atoms with E-state index in [0.717, 1.165) is 16.8 Å². The van der Waals surface area contributed by atoms with E-state index >= 15 is 0 Å². The number of hydrogen-bond donors (Lipinski definition) is 1. The molecule has 1 aliphatic heterocycles. The van der Waals surface area contributed by atoms with Crippen molar-refractivity contribution in [3.8, 4) is 0 Å². The molecule has 1 aromatic carbocycles. The van der Waals surface area contributed by atoms with Crippen molar-refractivity contribution >= 4 is 17.3 Å². The first-order valence-corrected chi connectivity index (χ1v) is 5.79. The number of carbonyl (C=O) groups excluding carboxylic acids is 1. The maximum atomic E-state index is 11.9. The quantitative estimate of drug-likeness (QED) is 0.811. The second-order valence-corrected chi connectivity index (χ2v) is 4.23. The predicted molar refractivity (Wildman–Crippen MR) is 70.8 cm³/mol. The molecule has 0 radical (unpaired) electrons.